The van der Waals surface area contributed by atoms with E-state index >= 15 is 0 Å². The van der Waals surface area contributed by atoms with Crippen LogP contribution in [0.25, 0.3) is 0 Å². The highest BCUT2D eigenvalue weighted by Crippen LogP contribution is 2.17. The lowest BCUT2D eigenvalue weighted by Gasteiger charge is -2.24. The zero-order valence-corrected chi connectivity index (χ0v) is 22.2. The van der Waals surface area contributed by atoms with E-state index in [1.165, 1.54) is 19.2 Å². The fourth-order valence-electron chi connectivity index (χ4n) is 3.50. The largest absolute Gasteiger partial charge is 0.453 e. The van der Waals surface area contributed by atoms with E-state index in [4.69, 9.17) is 9.29 Å². The van der Waals surface area contributed by atoms with Crippen LogP contribution in [0.4, 0.5) is 10.5 Å². The number of aliphatic imine (C=N–C) groups is 1. The van der Waals surface area contributed by atoms with Gasteiger partial charge in [-0.2, -0.15) is 8.42 Å². The first-order chi connectivity index (χ1) is 17.5. The Morgan fingerprint density at radius 2 is 1.59 bits per heavy atom. The average Bonchev–Trinajstić information content (AvgIpc) is 2.87. The summed E-state index contributed by atoms with van der Waals surface area (Å²) >= 11 is 0. The minimum absolute atomic E-state index is 0.197. The number of hydrogen-bond acceptors (Lipinski definition) is 6. The number of benzene rings is 2. The molecule has 0 fully saturated rings. The molecule has 0 aliphatic rings. The van der Waals surface area contributed by atoms with Gasteiger partial charge in [-0.05, 0) is 49.9 Å². The lowest BCUT2D eigenvalue weighted by atomic mass is 10.0. The molecule has 0 saturated carbocycles. The number of nitrogens with zero attached hydrogens (tertiary/aromatic N) is 1. The fraction of sp³-hybridized carbons (Fsp3) is 0.346. The van der Waals surface area contributed by atoms with E-state index in [9.17, 15) is 18.0 Å². The lowest BCUT2D eigenvalue weighted by Crippen LogP contribution is -2.51. The number of amides is 2. The summed E-state index contributed by atoms with van der Waals surface area (Å²) in [4.78, 5) is 30.1. The van der Waals surface area contributed by atoms with Gasteiger partial charge < -0.3 is 15.4 Å². The number of anilines is 1. The summed E-state index contributed by atoms with van der Waals surface area (Å²) in [6.07, 6.45) is 2.43. The van der Waals surface area contributed by atoms with Gasteiger partial charge in [0.2, 0.25) is 5.91 Å². The molecule has 2 rings (SSSR count). The molecule has 0 radical (unpaired) electrons. The number of hydrogen-bond donors (Lipinski definition) is 4. The molecule has 200 valence electrons. The van der Waals surface area contributed by atoms with Crippen LogP contribution >= 0.6 is 0 Å². The third-order valence-electron chi connectivity index (χ3n) is 5.52. The molecule has 10 nitrogen and oxygen atoms in total. The van der Waals surface area contributed by atoms with E-state index in [0.717, 1.165) is 23.3 Å². The van der Waals surface area contributed by atoms with Crippen molar-refractivity contribution in [3.05, 3.63) is 77.5 Å². The number of nitrogens with one attached hydrogen (secondary N) is 3. The Bertz CT molecular complexity index is 1210. The van der Waals surface area contributed by atoms with Gasteiger partial charge in [0.15, 0.2) is 0 Å². The summed E-state index contributed by atoms with van der Waals surface area (Å²) in [5.41, 5.74) is 3.38. The third-order valence-corrected chi connectivity index (χ3v) is 6.01. The lowest BCUT2D eigenvalue weighted by molar-refractivity contribution is -0.123. The van der Waals surface area contributed by atoms with Crippen molar-refractivity contribution in [1.82, 2.24) is 10.6 Å². The van der Waals surface area contributed by atoms with E-state index in [1.54, 1.807) is 12.1 Å². The monoisotopic (exact) mass is 530 g/mol. The number of carbonyl (C=O) groups is 2. The van der Waals surface area contributed by atoms with Gasteiger partial charge in [0, 0.05) is 12.1 Å². The van der Waals surface area contributed by atoms with Gasteiger partial charge in [-0.25, -0.2) is 4.79 Å². The van der Waals surface area contributed by atoms with Crippen LogP contribution < -0.4 is 15.4 Å². The normalized spacial score (nSPS) is 13.9. The van der Waals surface area contributed by atoms with E-state index in [0.29, 0.717) is 12.1 Å². The van der Waals surface area contributed by atoms with Crippen LogP contribution in [0.15, 0.2) is 71.4 Å². The Morgan fingerprint density at radius 3 is 2.14 bits per heavy atom. The number of rotatable bonds is 12. The Balaban J connectivity index is 2.33. The molecule has 2 aromatic carbocycles. The van der Waals surface area contributed by atoms with Gasteiger partial charge in [-0.1, -0.05) is 55.5 Å². The Morgan fingerprint density at radius 1 is 1.00 bits per heavy atom. The molecule has 0 aliphatic carbocycles. The Labute approximate surface area is 218 Å². The zero-order valence-electron chi connectivity index (χ0n) is 21.4. The summed E-state index contributed by atoms with van der Waals surface area (Å²) in [6.45, 7) is 5.71. The molecule has 0 spiro atoms. The van der Waals surface area contributed by atoms with E-state index in [1.807, 2.05) is 61.9 Å². The van der Waals surface area contributed by atoms with Gasteiger partial charge in [-0.15, -0.1) is 0 Å². The van der Waals surface area contributed by atoms with Crippen LogP contribution in [0.1, 0.15) is 38.3 Å². The zero-order chi connectivity index (χ0) is 27.4. The fourth-order valence-corrected chi connectivity index (χ4v) is 3.93. The maximum absolute atomic E-state index is 13.4. The highest BCUT2D eigenvalue weighted by Gasteiger charge is 2.26. The molecule has 0 aliphatic heterocycles. The van der Waals surface area contributed by atoms with E-state index in [-0.39, 0.29) is 12.1 Å². The van der Waals surface area contributed by atoms with Gasteiger partial charge in [0.25, 0.3) is 0 Å². The molecular formula is C26H34N4O6S. The topological polar surface area (TPSA) is 146 Å². The smallest absolute Gasteiger partial charge is 0.407 e. The molecule has 37 heavy (non-hydrogen) atoms. The molecule has 4 N–H and O–H groups in total. The Hall–Kier alpha value is -3.70. The summed E-state index contributed by atoms with van der Waals surface area (Å²) < 4.78 is 37.9. The van der Waals surface area contributed by atoms with Gasteiger partial charge in [-0.3, -0.25) is 19.1 Å². The van der Waals surface area contributed by atoms with Crippen LogP contribution in [0.3, 0.4) is 0 Å². The standard InChI is InChI=1S/C26H34N4O6S/c1-5-18(3)27-22(6-2)23(16-20-12-14-21(15-13-20)30-37(33,34)35)28-25(31)24(29-26(32)36-4)17-19-10-8-7-9-11-19/h6-15,23-24,30H,5,16-17H2,1-4H3,(H,28,31)(H,29,32)(H,33,34,35)/b22-6-,27-18?. The molecule has 2 unspecified atom stereocenters. The maximum atomic E-state index is 13.4. The van der Waals surface area contributed by atoms with Crippen LogP contribution in [0, 0.1) is 0 Å². The number of alkyl carbamates (subject to hydrolysis) is 1. The molecule has 0 heterocycles. The summed E-state index contributed by atoms with van der Waals surface area (Å²) in [6, 6.07) is 14.3. The Kier molecular flexibility index (Phi) is 11.3. The second-order valence-electron chi connectivity index (χ2n) is 8.33. The van der Waals surface area contributed by atoms with Crippen LogP contribution in [-0.2, 0) is 32.7 Å². The van der Waals surface area contributed by atoms with Crippen molar-refractivity contribution >= 4 is 33.7 Å². The minimum Gasteiger partial charge on any atom is -0.453 e. The second-order valence-corrected chi connectivity index (χ2v) is 9.49. The van der Waals surface area contributed by atoms with Crippen LogP contribution in [0.2, 0.25) is 0 Å². The number of allylic oxidation sites excluding steroid dienone is 1. The van der Waals surface area contributed by atoms with Gasteiger partial charge in [0.05, 0.1) is 24.5 Å². The first kappa shape index (κ1) is 29.5. The SMILES string of the molecule is C/C=C(\N=C(C)CC)C(Cc1ccc(NS(=O)(=O)O)cc1)NC(=O)C(Cc1ccccc1)NC(=O)OC. The van der Waals surface area contributed by atoms with Crippen molar-refractivity contribution in [2.45, 2.75) is 52.1 Å². The van der Waals surface area contributed by atoms with Gasteiger partial charge >= 0.3 is 16.4 Å². The number of carbonyl (C=O) groups excluding carboxylic acids is 2. The molecule has 2 aromatic rings. The quantitative estimate of drug-likeness (QED) is 0.243. The minimum atomic E-state index is -4.39. The first-order valence-corrected chi connectivity index (χ1v) is 13.2. The molecule has 0 bridgehead atoms. The van der Waals surface area contributed by atoms with Crippen molar-refractivity contribution in [3.63, 3.8) is 0 Å². The predicted octanol–water partition coefficient (Wildman–Crippen LogP) is 3.67. The number of methoxy groups -OCH3 is 1. The highest BCUT2D eigenvalue weighted by atomic mass is 32.2. The molecule has 2 atom stereocenters. The predicted molar refractivity (Wildman–Crippen MR) is 144 cm³/mol. The summed E-state index contributed by atoms with van der Waals surface area (Å²) in [7, 11) is -3.16. The average molecular weight is 531 g/mol. The van der Waals surface area contributed by atoms with Crippen molar-refractivity contribution in [3.8, 4) is 0 Å². The van der Waals surface area contributed by atoms with Crippen molar-refractivity contribution < 1.29 is 27.3 Å². The molecule has 11 heteroatoms. The molecule has 0 aromatic heterocycles. The van der Waals surface area contributed by atoms with Crippen molar-refractivity contribution in [1.29, 1.82) is 0 Å². The molecular weight excluding hydrogens is 496 g/mol. The molecule has 2 amide bonds. The van der Waals surface area contributed by atoms with Crippen LogP contribution in [0.5, 0.6) is 0 Å². The second kappa shape index (κ2) is 14.1. The molecule has 0 saturated heterocycles. The van der Waals surface area contributed by atoms with E-state index < -0.39 is 34.4 Å². The van der Waals surface area contributed by atoms with Crippen LogP contribution in [-0.4, -0.2) is 49.9 Å². The van der Waals surface area contributed by atoms with Crippen molar-refractivity contribution in [2.24, 2.45) is 4.99 Å². The van der Waals surface area contributed by atoms with Crippen molar-refractivity contribution in [2.75, 3.05) is 11.8 Å². The van der Waals surface area contributed by atoms with Gasteiger partial charge in [0.1, 0.15) is 6.04 Å². The summed E-state index contributed by atoms with van der Waals surface area (Å²) in [5, 5.41) is 5.62. The summed E-state index contributed by atoms with van der Waals surface area (Å²) in [5.74, 6) is -0.410. The number of ether oxygens (including phenoxy) is 1. The third kappa shape index (κ3) is 10.4. The highest BCUT2D eigenvalue weighted by molar-refractivity contribution is 7.87. The maximum Gasteiger partial charge on any atom is 0.407 e. The van der Waals surface area contributed by atoms with E-state index in [2.05, 4.69) is 15.6 Å². The first-order valence-electron chi connectivity index (χ1n) is 11.8.